The molecule has 31 heavy (non-hydrogen) atoms. The van der Waals surface area contributed by atoms with E-state index in [2.05, 4.69) is 5.32 Å². The van der Waals surface area contributed by atoms with Crippen LogP contribution in [0.5, 0.6) is 0 Å². The fourth-order valence-electron chi connectivity index (χ4n) is 3.22. The topological polar surface area (TPSA) is 66.5 Å². The van der Waals surface area contributed by atoms with Crippen LogP contribution in [0.3, 0.4) is 0 Å². The number of nitrogens with one attached hydrogen (secondary N) is 1. The van der Waals surface area contributed by atoms with E-state index < -0.39 is 35.9 Å². The number of carbonyl (C=O) groups excluding carboxylic acids is 2. The van der Waals surface area contributed by atoms with Gasteiger partial charge in [-0.3, -0.25) is 9.59 Å². The molecule has 0 saturated carbocycles. The average Bonchev–Trinajstić information content (AvgIpc) is 2.67. The van der Waals surface area contributed by atoms with Crippen molar-refractivity contribution in [2.45, 2.75) is 25.6 Å². The standard InChI is InChI=1S/C21H23F4N2O3P/c1-14(26-12-28)10-11-27(13-29)17-9-8-16(19(20(17)22)21(23,24)25)15-6-4-5-7-18(15)31(2,3)30/h4-9,12-14H,10-11H2,1-3H3,(H,26,28)/t14-/m0/s1. The summed E-state index contributed by atoms with van der Waals surface area (Å²) in [5.41, 5.74) is -2.49. The average molecular weight is 458 g/mol. The SMILES string of the molecule is C[C@@H](CCN(C=O)c1ccc(-c2ccccc2P(C)(C)=O)c(C(F)(F)F)c1F)NC=O. The first-order valence-corrected chi connectivity index (χ1v) is 12.0. The fraction of sp³-hybridized carbons (Fsp3) is 0.333. The molecule has 2 amide bonds. The van der Waals surface area contributed by atoms with Crippen LogP contribution < -0.4 is 15.5 Å². The Labute approximate surface area is 177 Å². The number of hydrogen-bond donors (Lipinski definition) is 1. The van der Waals surface area contributed by atoms with E-state index in [0.717, 1.165) is 17.0 Å². The van der Waals surface area contributed by atoms with Gasteiger partial charge in [0.1, 0.15) is 12.7 Å². The highest BCUT2D eigenvalue weighted by Crippen LogP contribution is 2.45. The van der Waals surface area contributed by atoms with E-state index in [1.165, 1.54) is 31.5 Å². The van der Waals surface area contributed by atoms with Crippen molar-refractivity contribution in [1.29, 1.82) is 0 Å². The Bertz CT molecular complexity index is 1000. The molecule has 0 saturated heterocycles. The van der Waals surface area contributed by atoms with E-state index >= 15 is 4.39 Å². The van der Waals surface area contributed by atoms with Gasteiger partial charge < -0.3 is 14.8 Å². The maximum absolute atomic E-state index is 15.2. The van der Waals surface area contributed by atoms with Crippen molar-refractivity contribution in [2.24, 2.45) is 0 Å². The smallest absolute Gasteiger partial charge is 0.356 e. The maximum Gasteiger partial charge on any atom is 0.419 e. The number of benzene rings is 2. The Morgan fingerprint density at radius 3 is 2.29 bits per heavy atom. The zero-order valence-corrected chi connectivity index (χ0v) is 18.1. The molecule has 5 nitrogen and oxygen atoms in total. The van der Waals surface area contributed by atoms with Gasteiger partial charge in [0.15, 0.2) is 5.82 Å². The lowest BCUT2D eigenvalue weighted by Gasteiger charge is -2.24. The summed E-state index contributed by atoms with van der Waals surface area (Å²) in [5, 5.41) is 2.66. The van der Waals surface area contributed by atoms with Gasteiger partial charge >= 0.3 is 6.18 Å². The van der Waals surface area contributed by atoms with Gasteiger partial charge in [0.25, 0.3) is 0 Å². The lowest BCUT2D eigenvalue weighted by Crippen LogP contribution is -2.32. The highest BCUT2D eigenvalue weighted by Gasteiger charge is 2.39. The second-order valence-corrected chi connectivity index (χ2v) is 10.6. The predicted molar refractivity (Wildman–Crippen MR) is 113 cm³/mol. The molecular weight excluding hydrogens is 435 g/mol. The van der Waals surface area contributed by atoms with E-state index in [1.54, 1.807) is 13.0 Å². The van der Waals surface area contributed by atoms with Crippen molar-refractivity contribution in [1.82, 2.24) is 5.32 Å². The molecule has 0 aromatic heterocycles. The molecule has 2 aromatic carbocycles. The minimum atomic E-state index is -5.06. The van der Waals surface area contributed by atoms with Crippen molar-refractivity contribution in [2.75, 3.05) is 24.8 Å². The van der Waals surface area contributed by atoms with Crippen molar-refractivity contribution in [3.05, 3.63) is 47.8 Å². The summed E-state index contributed by atoms with van der Waals surface area (Å²) in [7, 11) is -2.97. The van der Waals surface area contributed by atoms with Crippen LogP contribution >= 0.6 is 7.14 Å². The fourth-order valence-corrected chi connectivity index (χ4v) is 4.44. The van der Waals surface area contributed by atoms with E-state index in [-0.39, 0.29) is 36.3 Å². The van der Waals surface area contributed by atoms with Gasteiger partial charge in [-0.1, -0.05) is 30.3 Å². The van der Waals surface area contributed by atoms with E-state index in [9.17, 15) is 27.3 Å². The molecule has 0 spiro atoms. The van der Waals surface area contributed by atoms with Crippen LogP contribution in [0.25, 0.3) is 11.1 Å². The first-order valence-electron chi connectivity index (χ1n) is 9.38. The van der Waals surface area contributed by atoms with Crippen LogP contribution in [-0.4, -0.2) is 38.7 Å². The highest BCUT2D eigenvalue weighted by molar-refractivity contribution is 7.70. The number of hydrogen-bond acceptors (Lipinski definition) is 3. The van der Waals surface area contributed by atoms with Gasteiger partial charge in [-0.2, -0.15) is 13.2 Å². The van der Waals surface area contributed by atoms with Gasteiger partial charge in [0.2, 0.25) is 12.8 Å². The predicted octanol–water partition coefficient (Wildman–Crippen LogP) is 4.25. The molecule has 168 valence electrons. The van der Waals surface area contributed by atoms with Crippen LogP contribution in [0.1, 0.15) is 18.9 Å². The number of halogens is 4. The van der Waals surface area contributed by atoms with Crippen LogP contribution in [-0.2, 0) is 20.3 Å². The quantitative estimate of drug-likeness (QED) is 0.347. The molecule has 0 aliphatic carbocycles. The molecule has 1 atom stereocenters. The van der Waals surface area contributed by atoms with Crippen molar-refractivity contribution in [3.63, 3.8) is 0 Å². The normalized spacial score (nSPS) is 12.9. The van der Waals surface area contributed by atoms with Crippen molar-refractivity contribution >= 4 is 31.0 Å². The van der Waals surface area contributed by atoms with Gasteiger partial charge in [0, 0.05) is 17.9 Å². The first kappa shape index (κ1) is 24.6. The molecule has 2 rings (SSSR count). The second-order valence-electron chi connectivity index (χ2n) is 7.46. The number of anilines is 1. The molecule has 0 fully saturated rings. The highest BCUT2D eigenvalue weighted by atomic mass is 31.2. The van der Waals surface area contributed by atoms with E-state index in [0.29, 0.717) is 6.41 Å². The van der Waals surface area contributed by atoms with Gasteiger partial charge in [0.05, 0.1) is 5.69 Å². The number of nitrogens with zero attached hydrogens (tertiary/aromatic N) is 1. The van der Waals surface area contributed by atoms with Gasteiger partial charge in [-0.15, -0.1) is 0 Å². The Morgan fingerprint density at radius 2 is 1.74 bits per heavy atom. The van der Waals surface area contributed by atoms with Gasteiger partial charge in [-0.25, -0.2) is 4.39 Å². The summed E-state index contributed by atoms with van der Waals surface area (Å²) >= 11 is 0. The summed E-state index contributed by atoms with van der Waals surface area (Å²) < 4.78 is 69.6. The third-order valence-electron chi connectivity index (χ3n) is 4.77. The number of amides is 2. The van der Waals surface area contributed by atoms with Crippen LogP contribution in [0, 0.1) is 5.82 Å². The summed E-state index contributed by atoms with van der Waals surface area (Å²) in [6.07, 6.45) is -4.15. The first-order chi connectivity index (χ1) is 14.4. The van der Waals surface area contributed by atoms with Crippen LogP contribution in [0.15, 0.2) is 36.4 Å². The van der Waals surface area contributed by atoms with E-state index in [4.69, 9.17) is 0 Å². The molecule has 10 heteroatoms. The molecule has 0 heterocycles. The molecule has 0 aliphatic rings. The zero-order chi connectivity index (χ0) is 23.4. The van der Waals surface area contributed by atoms with Crippen molar-refractivity contribution < 1.29 is 31.7 Å². The Balaban J connectivity index is 2.64. The summed E-state index contributed by atoms with van der Waals surface area (Å²) in [6.45, 7) is 4.39. The van der Waals surface area contributed by atoms with Gasteiger partial charge in [-0.05, 0) is 43.9 Å². The number of carbonyl (C=O) groups is 2. The third kappa shape index (κ3) is 5.73. The third-order valence-corrected chi connectivity index (χ3v) is 6.32. The Hall–Kier alpha value is -2.67. The second kappa shape index (κ2) is 9.64. The Morgan fingerprint density at radius 1 is 1.10 bits per heavy atom. The summed E-state index contributed by atoms with van der Waals surface area (Å²) in [5.74, 6) is -1.59. The number of alkyl halides is 3. The molecule has 0 unspecified atom stereocenters. The van der Waals surface area contributed by atoms with E-state index in [1.807, 2.05) is 0 Å². The van der Waals surface area contributed by atoms with Crippen molar-refractivity contribution in [3.8, 4) is 11.1 Å². The summed E-state index contributed by atoms with van der Waals surface area (Å²) in [6, 6.07) is 7.68. The minimum absolute atomic E-state index is 0.0232. The largest absolute Gasteiger partial charge is 0.419 e. The molecule has 0 radical (unpaired) electrons. The Kier molecular flexibility index (Phi) is 7.65. The van der Waals surface area contributed by atoms with Crippen LogP contribution in [0.4, 0.5) is 23.2 Å². The lowest BCUT2D eigenvalue weighted by molar-refractivity contribution is -0.139. The maximum atomic E-state index is 15.2. The molecular formula is C21H23F4N2O3P. The molecule has 1 N–H and O–H groups in total. The van der Waals surface area contributed by atoms with Crippen LogP contribution in [0.2, 0.25) is 0 Å². The summed E-state index contributed by atoms with van der Waals surface area (Å²) in [4.78, 5) is 22.8. The number of rotatable bonds is 9. The lowest BCUT2D eigenvalue weighted by atomic mass is 9.97. The minimum Gasteiger partial charge on any atom is -0.356 e. The molecule has 2 aromatic rings. The molecule has 0 bridgehead atoms. The molecule has 0 aliphatic heterocycles. The monoisotopic (exact) mass is 458 g/mol. The zero-order valence-electron chi connectivity index (χ0n) is 17.2.